The molecule has 0 aliphatic carbocycles. The highest BCUT2D eigenvalue weighted by molar-refractivity contribution is 5.89. The molecule has 1 aromatic rings. The minimum atomic E-state index is -1.01. The first kappa shape index (κ1) is 15.2. The van der Waals surface area contributed by atoms with E-state index in [2.05, 4.69) is 10.6 Å². The number of halogens is 2. The minimum absolute atomic E-state index is 0.0275. The van der Waals surface area contributed by atoms with Crippen molar-refractivity contribution in [1.82, 2.24) is 10.2 Å². The maximum atomic E-state index is 13.0. The number of hydrogen-bond donors (Lipinski definition) is 2. The fraction of sp³-hybridized carbons (Fsp3) is 0.429. The van der Waals surface area contributed by atoms with Crippen LogP contribution in [-0.2, 0) is 4.79 Å². The predicted molar refractivity (Wildman–Crippen MR) is 73.8 cm³/mol. The van der Waals surface area contributed by atoms with Gasteiger partial charge >= 0.3 is 6.03 Å². The van der Waals surface area contributed by atoms with E-state index in [1.807, 2.05) is 0 Å². The Hall–Kier alpha value is -2.18. The van der Waals surface area contributed by atoms with Crippen LogP contribution < -0.4 is 10.6 Å². The summed E-state index contributed by atoms with van der Waals surface area (Å²) in [6.07, 6.45) is 1.34. The zero-order valence-corrected chi connectivity index (χ0v) is 11.7. The fourth-order valence-corrected chi connectivity index (χ4v) is 2.27. The summed E-state index contributed by atoms with van der Waals surface area (Å²) in [7, 11) is 0. The Morgan fingerprint density at radius 2 is 1.86 bits per heavy atom. The molecule has 0 aromatic heterocycles. The molecule has 0 atom stereocenters. The summed E-state index contributed by atoms with van der Waals surface area (Å²) in [6, 6.07) is 2.66. The first-order valence-corrected chi connectivity index (χ1v) is 6.74. The normalized spacial score (nSPS) is 15.7. The number of amides is 3. The van der Waals surface area contributed by atoms with E-state index in [0.717, 1.165) is 12.1 Å². The number of carbonyl (C=O) groups excluding carboxylic acids is 2. The fourth-order valence-electron chi connectivity index (χ4n) is 2.27. The number of likely N-dealkylation sites (tertiary alicyclic amines) is 1. The van der Waals surface area contributed by atoms with Gasteiger partial charge in [-0.15, -0.1) is 0 Å². The average Bonchev–Trinajstić information content (AvgIpc) is 2.43. The third kappa shape index (κ3) is 4.14. The van der Waals surface area contributed by atoms with Gasteiger partial charge in [0.2, 0.25) is 5.91 Å². The smallest absolute Gasteiger partial charge is 0.319 e. The molecule has 2 N–H and O–H groups in total. The van der Waals surface area contributed by atoms with Gasteiger partial charge in [-0.05, 0) is 25.0 Å². The lowest BCUT2D eigenvalue weighted by atomic mass is 10.1. The molecule has 1 aliphatic rings. The highest BCUT2D eigenvalue weighted by Crippen LogP contribution is 2.14. The van der Waals surface area contributed by atoms with Crippen molar-refractivity contribution in [2.75, 3.05) is 18.4 Å². The molecule has 21 heavy (non-hydrogen) atoms. The zero-order valence-electron chi connectivity index (χ0n) is 11.7. The van der Waals surface area contributed by atoms with Crippen molar-refractivity contribution in [2.24, 2.45) is 0 Å². The molecule has 2 rings (SSSR count). The number of anilines is 1. The number of carbonyl (C=O) groups is 2. The highest BCUT2D eigenvalue weighted by atomic mass is 19.2. The van der Waals surface area contributed by atoms with Gasteiger partial charge in [0.05, 0.1) is 0 Å². The summed E-state index contributed by atoms with van der Waals surface area (Å²) in [5, 5.41) is 5.21. The third-order valence-corrected chi connectivity index (χ3v) is 3.45. The molecule has 5 nitrogen and oxygen atoms in total. The summed E-state index contributed by atoms with van der Waals surface area (Å²) >= 11 is 0. The Bertz CT molecular complexity index is 543. The Kier molecular flexibility index (Phi) is 4.72. The molecule has 1 fully saturated rings. The van der Waals surface area contributed by atoms with Crippen molar-refractivity contribution >= 4 is 17.6 Å². The third-order valence-electron chi connectivity index (χ3n) is 3.45. The molecule has 3 amide bonds. The van der Waals surface area contributed by atoms with Crippen molar-refractivity contribution in [1.29, 1.82) is 0 Å². The van der Waals surface area contributed by atoms with Crippen LogP contribution in [0.1, 0.15) is 19.8 Å². The Morgan fingerprint density at radius 3 is 2.43 bits per heavy atom. The molecular formula is C14H17F2N3O2. The summed E-state index contributed by atoms with van der Waals surface area (Å²) in [6.45, 7) is 2.72. The monoisotopic (exact) mass is 297 g/mol. The lowest BCUT2D eigenvalue weighted by Gasteiger charge is -2.31. The quantitative estimate of drug-likeness (QED) is 0.878. The van der Waals surface area contributed by atoms with Gasteiger partial charge in [0.1, 0.15) is 0 Å². The maximum absolute atomic E-state index is 13.0. The predicted octanol–water partition coefficient (Wildman–Crippen LogP) is 2.10. The Morgan fingerprint density at radius 1 is 1.19 bits per heavy atom. The van der Waals surface area contributed by atoms with Gasteiger partial charge in [-0.1, -0.05) is 0 Å². The van der Waals surface area contributed by atoms with Crippen molar-refractivity contribution < 1.29 is 18.4 Å². The molecular weight excluding hydrogens is 280 g/mol. The van der Waals surface area contributed by atoms with Gasteiger partial charge in [0, 0.05) is 37.8 Å². The van der Waals surface area contributed by atoms with Crippen molar-refractivity contribution in [2.45, 2.75) is 25.8 Å². The minimum Gasteiger partial charge on any atom is -0.343 e. The zero-order chi connectivity index (χ0) is 15.4. The van der Waals surface area contributed by atoms with Crippen LogP contribution in [-0.4, -0.2) is 36.0 Å². The number of rotatable bonds is 2. The van der Waals surface area contributed by atoms with Gasteiger partial charge in [0.25, 0.3) is 0 Å². The van der Waals surface area contributed by atoms with Gasteiger partial charge in [-0.3, -0.25) is 4.79 Å². The van der Waals surface area contributed by atoms with Crippen molar-refractivity contribution in [3.63, 3.8) is 0 Å². The van der Waals surface area contributed by atoms with Crippen LogP contribution in [0.5, 0.6) is 0 Å². The van der Waals surface area contributed by atoms with E-state index in [0.29, 0.717) is 25.9 Å². The molecule has 1 heterocycles. The van der Waals surface area contributed by atoms with Crippen LogP contribution in [0.2, 0.25) is 0 Å². The number of nitrogens with one attached hydrogen (secondary N) is 2. The molecule has 114 valence electrons. The number of urea groups is 1. The largest absolute Gasteiger partial charge is 0.343 e. The van der Waals surface area contributed by atoms with Crippen LogP contribution in [0.4, 0.5) is 19.3 Å². The average molecular weight is 297 g/mol. The van der Waals surface area contributed by atoms with Gasteiger partial charge in [-0.25, -0.2) is 13.6 Å². The number of piperidine rings is 1. The SMILES string of the molecule is CC(=O)N1CCC(NC(=O)Nc2ccc(F)c(F)c2)CC1. The summed E-state index contributed by atoms with van der Waals surface area (Å²) in [5.41, 5.74) is 0.188. The van der Waals surface area contributed by atoms with Crippen LogP contribution in [0.15, 0.2) is 18.2 Å². The van der Waals surface area contributed by atoms with Crippen molar-refractivity contribution in [3.05, 3.63) is 29.8 Å². The second-order valence-corrected chi connectivity index (χ2v) is 5.01. The van der Waals surface area contributed by atoms with E-state index in [9.17, 15) is 18.4 Å². The van der Waals surface area contributed by atoms with E-state index in [1.54, 1.807) is 4.90 Å². The first-order valence-electron chi connectivity index (χ1n) is 6.74. The molecule has 1 saturated heterocycles. The molecule has 0 radical (unpaired) electrons. The standard InChI is InChI=1S/C14H17F2N3O2/c1-9(20)19-6-4-10(5-7-19)17-14(21)18-11-2-3-12(15)13(16)8-11/h2-3,8,10H,4-7H2,1H3,(H2,17,18,21). The van der Waals surface area contributed by atoms with E-state index < -0.39 is 17.7 Å². The molecule has 7 heteroatoms. The van der Waals surface area contributed by atoms with Gasteiger partial charge < -0.3 is 15.5 Å². The first-order chi connectivity index (χ1) is 9.95. The van der Waals surface area contributed by atoms with Gasteiger partial charge in [0.15, 0.2) is 11.6 Å². The molecule has 0 spiro atoms. The van der Waals surface area contributed by atoms with Crippen LogP contribution in [0.25, 0.3) is 0 Å². The highest BCUT2D eigenvalue weighted by Gasteiger charge is 2.21. The molecule has 0 saturated carbocycles. The Labute approximate surface area is 121 Å². The van der Waals surface area contributed by atoms with E-state index >= 15 is 0 Å². The maximum Gasteiger partial charge on any atom is 0.319 e. The molecule has 1 aromatic carbocycles. The van der Waals surface area contributed by atoms with E-state index in [-0.39, 0.29) is 17.6 Å². The second-order valence-electron chi connectivity index (χ2n) is 5.01. The van der Waals surface area contributed by atoms with Crippen LogP contribution in [0.3, 0.4) is 0 Å². The van der Waals surface area contributed by atoms with Gasteiger partial charge in [-0.2, -0.15) is 0 Å². The van der Waals surface area contributed by atoms with E-state index in [1.165, 1.54) is 13.0 Å². The lowest BCUT2D eigenvalue weighted by molar-refractivity contribution is -0.129. The van der Waals surface area contributed by atoms with Crippen molar-refractivity contribution in [3.8, 4) is 0 Å². The van der Waals surface area contributed by atoms with E-state index in [4.69, 9.17) is 0 Å². The molecule has 0 bridgehead atoms. The van der Waals surface area contributed by atoms with Crippen LogP contribution in [0, 0.1) is 11.6 Å². The number of benzene rings is 1. The summed E-state index contributed by atoms with van der Waals surface area (Å²) < 4.78 is 25.8. The molecule has 0 unspecified atom stereocenters. The Balaban J connectivity index is 1.82. The topological polar surface area (TPSA) is 61.4 Å². The number of nitrogens with zero attached hydrogens (tertiary/aromatic N) is 1. The lowest BCUT2D eigenvalue weighted by Crippen LogP contribution is -2.47. The number of hydrogen-bond acceptors (Lipinski definition) is 2. The second kappa shape index (κ2) is 6.51. The van der Waals surface area contributed by atoms with Crippen LogP contribution >= 0.6 is 0 Å². The summed E-state index contributed by atoms with van der Waals surface area (Å²) in [4.78, 5) is 24.7. The summed E-state index contributed by atoms with van der Waals surface area (Å²) in [5.74, 6) is -1.94. The molecule has 1 aliphatic heterocycles.